The molecule has 0 aliphatic heterocycles. The number of ether oxygens (including phenoxy) is 1. The standard InChI is InChI=1S/C28H23BrN2O3/c1-17(2)16-33-20-7-3-6-18(14-20)27(32)30-19-12-13-26-25(15-19)31-28(34-26)23-10-4-9-22-21(23)8-5-11-24(22)29/h3-15,17H,16H2,1-2H3,(H,30,32). The average molecular weight is 515 g/mol. The van der Waals surface area contributed by atoms with Crippen molar-refractivity contribution in [3.05, 3.63) is 88.9 Å². The van der Waals surface area contributed by atoms with Crippen LogP contribution in [0.2, 0.25) is 0 Å². The van der Waals surface area contributed by atoms with E-state index in [1.807, 2.05) is 54.6 Å². The number of anilines is 1. The molecular formula is C28H23BrN2O3. The number of benzene rings is 4. The molecule has 0 atom stereocenters. The van der Waals surface area contributed by atoms with Crippen LogP contribution in [0.3, 0.4) is 0 Å². The van der Waals surface area contributed by atoms with Crippen LogP contribution in [-0.2, 0) is 0 Å². The van der Waals surface area contributed by atoms with E-state index < -0.39 is 0 Å². The molecule has 0 spiro atoms. The van der Waals surface area contributed by atoms with E-state index in [9.17, 15) is 4.79 Å². The molecule has 1 heterocycles. The molecule has 1 amide bonds. The summed E-state index contributed by atoms with van der Waals surface area (Å²) in [6.07, 6.45) is 0. The minimum Gasteiger partial charge on any atom is -0.493 e. The molecule has 0 aliphatic carbocycles. The number of oxazole rings is 1. The monoisotopic (exact) mass is 514 g/mol. The van der Waals surface area contributed by atoms with Crippen molar-refractivity contribution in [3.63, 3.8) is 0 Å². The number of aromatic nitrogens is 1. The van der Waals surface area contributed by atoms with E-state index in [2.05, 4.69) is 47.2 Å². The zero-order valence-corrected chi connectivity index (χ0v) is 20.4. The maximum atomic E-state index is 12.8. The summed E-state index contributed by atoms with van der Waals surface area (Å²) in [6, 6.07) is 24.8. The molecular weight excluding hydrogens is 492 g/mol. The lowest BCUT2D eigenvalue weighted by Crippen LogP contribution is -2.12. The van der Waals surface area contributed by atoms with Gasteiger partial charge in [-0.1, -0.05) is 60.1 Å². The van der Waals surface area contributed by atoms with Crippen LogP contribution in [0.1, 0.15) is 24.2 Å². The lowest BCUT2D eigenvalue weighted by atomic mass is 10.0. The summed E-state index contributed by atoms with van der Waals surface area (Å²) < 4.78 is 12.8. The molecule has 6 heteroatoms. The Hall–Kier alpha value is -3.64. The van der Waals surface area contributed by atoms with E-state index in [1.54, 1.807) is 12.1 Å². The third-order valence-electron chi connectivity index (χ3n) is 5.42. The van der Waals surface area contributed by atoms with Gasteiger partial charge in [-0.2, -0.15) is 0 Å². The van der Waals surface area contributed by atoms with Crippen molar-refractivity contribution < 1.29 is 13.9 Å². The van der Waals surface area contributed by atoms with E-state index >= 15 is 0 Å². The van der Waals surface area contributed by atoms with E-state index in [-0.39, 0.29) is 5.91 Å². The zero-order chi connectivity index (χ0) is 23.7. The van der Waals surface area contributed by atoms with Crippen molar-refractivity contribution in [2.75, 3.05) is 11.9 Å². The smallest absolute Gasteiger partial charge is 0.255 e. The van der Waals surface area contributed by atoms with Gasteiger partial charge in [-0.3, -0.25) is 4.79 Å². The summed E-state index contributed by atoms with van der Waals surface area (Å²) in [4.78, 5) is 17.5. The molecule has 5 aromatic rings. The third-order valence-corrected chi connectivity index (χ3v) is 6.12. The van der Waals surface area contributed by atoms with Crippen LogP contribution < -0.4 is 10.1 Å². The summed E-state index contributed by atoms with van der Waals surface area (Å²) in [5.74, 6) is 1.42. The van der Waals surface area contributed by atoms with Crippen molar-refractivity contribution in [3.8, 4) is 17.2 Å². The fraction of sp³-hybridized carbons (Fsp3) is 0.143. The minimum atomic E-state index is -0.211. The summed E-state index contributed by atoms with van der Waals surface area (Å²) in [6.45, 7) is 4.77. The van der Waals surface area contributed by atoms with Gasteiger partial charge in [0.2, 0.25) is 5.89 Å². The highest BCUT2D eigenvalue weighted by molar-refractivity contribution is 9.10. The largest absolute Gasteiger partial charge is 0.493 e. The van der Waals surface area contributed by atoms with Crippen LogP contribution in [0.4, 0.5) is 5.69 Å². The van der Waals surface area contributed by atoms with Crippen molar-refractivity contribution >= 4 is 49.4 Å². The fourth-order valence-corrected chi connectivity index (χ4v) is 4.27. The van der Waals surface area contributed by atoms with E-state index in [4.69, 9.17) is 14.1 Å². The lowest BCUT2D eigenvalue weighted by molar-refractivity contribution is 0.102. The van der Waals surface area contributed by atoms with Crippen molar-refractivity contribution in [1.82, 2.24) is 4.98 Å². The number of amides is 1. The lowest BCUT2D eigenvalue weighted by Gasteiger charge is -2.10. The van der Waals surface area contributed by atoms with Crippen LogP contribution in [0, 0.1) is 5.92 Å². The van der Waals surface area contributed by atoms with Crippen molar-refractivity contribution in [1.29, 1.82) is 0 Å². The molecule has 0 saturated carbocycles. The highest BCUT2D eigenvalue weighted by Crippen LogP contribution is 2.34. The first-order valence-corrected chi connectivity index (χ1v) is 11.9. The van der Waals surface area contributed by atoms with Gasteiger partial charge in [-0.25, -0.2) is 4.98 Å². The SMILES string of the molecule is CC(C)COc1cccc(C(=O)Nc2ccc3oc(-c4cccc5c(Br)cccc45)nc3c2)c1. The van der Waals surface area contributed by atoms with Crippen LogP contribution in [0.15, 0.2) is 87.8 Å². The number of rotatable bonds is 6. The summed E-state index contributed by atoms with van der Waals surface area (Å²) in [5.41, 5.74) is 3.42. The first kappa shape index (κ1) is 22.2. The topological polar surface area (TPSA) is 64.4 Å². The van der Waals surface area contributed by atoms with Crippen LogP contribution in [0.25, 0.3) is 33.3 Å². The third kappa shape index (κ3) is 4.54. The number of nitrogens with zero attached hydrogens (tertiary/aromatic N) is 1. The minimum absolute atomic E-state index is 0.211. The molecule has 0 fully saturated rings. The highest BCUT2D eigenvalue weighted by atomic mass is 79.9. The number of fused-ring (bicyclic) bond motifs is 2. The normalized spacial score (nSPS) is 11.3. The maximum Gasteiger partial charge on any atom is 0.255 e. The van der Waals surface area contributed by atoms with Gasteiger partial charge >= 0.3 is 0 Å². The predicted molar refractivity (Wildman–Crippen MR) is 139 cm³/mol. The second kappa shape index (κ2) is 9.31. The zero-order valence-electron chi connectivity index (χ0n) is 18.8. The molecule has 34 heavy (non-hydrogen) atoms. The summed E-state index contributed by atoms with van der Waals surface area (Å²) in [7, 11) is 0. The number of halogens is 1. The first-order valence-electron chi connectivity index (χ1n) is 11.1. The molecule has 0 bridgehead atoms. The highest BCUT2D eigenvalue weighted by Gasteiger charge is 2.14. The van der Waals surface area contributed by atoms with Gasteiger partial charge in [0.05, 0.1) is 6.61 Å². The van der Waals surface area contributed by atoms with Crippen LogP contribution in [0.5, 0.6) is 5.75 Å². The molecule has 170 valence electrons. The van der Waals surface area contributed by atoms with Gasteiger partial charge in [-0.05, 0) is 65.2 Å². The fourth-order valence-electron chi connectivity index (χ4n) is 3.77. The van der Waals surface area contributed by atoms with Crippen molar-refractivity contribution in [2.45, 2.75) is 13.8 Å². The Morgan fingerprint density at radius 2 is 1.79 bits per heavy atom. The van der Waals surface area contributed by atoms with Gasteiger partial charge in [0.25, 0.3) is 5.91 Å². The molecule has 0 aliphatic rings. The summed E-state index contributed by atoms with van der Waals surface area (Å²) >= 11 is 3.61. The quantitative estimate of drug-likeness (QED) is 0.252. The van der Waals surface area contributed by atoms with E-state index in [0.717, 1.165) is 20.8 Å². The maximum absolute atomic E-state index is 12.8. The Kier molecular flexibility index (Phi) is 6.07. The molecule has 0 unspecified atom stereocenters. The molecule has 1 aromatic heterocycles. The summed E-state index contributed by atoms with van der Waals surface area (Å²) in [5, 5.41) is 5.09. The van der Waals surface area contributed by atoms with E-state index in [0.29, 0.717) is 46.5 Å². The van der Waals surface area contributed by atoms with Crippen molar-refractivity contribution in [2.24, 2.45) is 5.92 Å². The Labute approximate surface area is 205 Å². The van der Waals surface area contributed by atoms with Gasteiger partial charge in [0.1, 0.15) is 11.3 Å². The van der Waals surface area contributed by atoms with Crippen LogP contribution >= 0.6 is 15.9 Å². The Morgan fingerprint density at radius 1 is 1.00 bits per heavy atom. The van der Waals surface area contributed by atoms with E-state index in [1.165, 1.54) is 0 Å². The van der Waals surface area contributed by atoms with Gasteiger partial charge in [0.15, 0.2) is 5.58 Å². The van der Waals surface area contributed by atoms with Gasteiger partial charge in [-0.15, -0.1) is 0 Å². The molecule has 5 nitrogen and oxygen atoms in total. The first-order chi connectivity index (χ1) is 16.5. The Morgan fingerprint density at radius 3 is 2.65 bits per heavy atom. The second-order valence-corrected chi connectivity index (χ2v) is 9.38. The molecule has 0 radical (unpaired) electrons. The number of carbonyl (C=O) groups excluding carboxylic acids is 1. The average Bonchev–Trinajstić information content (AvgIpc) is 3.26. The molecule has 4 aromatic carbocycles. The number of hydrogen-bond donors (Lipinski definition) is 1. The van der Waals surface area contributed by atoms with Gasteiger partial charge in [0, 0.05) is 21.3 Å². The number of nitrogens with one attached hydrogen (secondary N) is 1. The predicted octanol–water partition coefficient (Wildman–Crippen LogP) is 7.70. The molecule has 0 saturated heterocycles. The second-order valence-electron chi connectivity index (χ2n) is 8.53. The number of carbonyl (C=O) groups is 1. The molecule has 5 rings (SSSR count). The van der Waals surface area contributed by atoms with Crippen LogP contribution in [-0.4, -0.2) is 17.5 Å². The number of hydrogen-bond acceptors (Lipinski definition) is 4. The molecule has 1 N–H and O–H groups in total. The Bertz CT molecular complexity index is 1510. The van der Waals surface area contributed by atoms with Gasteiger partial charge < -0.3 is 14.5 Å². The Balaban J connectivity index is 1.40.